The molecule has 0 radical (unpaired) electrons. The highest BCUT2D eigenvalue weighted by atomic mass is 19.1. The van der Waals surface area contributed by atoms with E-state index in [1.54, 1.807) is 19.1 Å². The number of hydrogen-bond acceptors (Lipinski definition) is 4. The maximum absolute atomic E-state index is 13.7. The number of rotatable bonds is 8. The van der Waals surface area contributed by atoms with Gasteiger partial charge in [0.25, 0.3) is 11.7 Å². The Labute approximate surface area is 182 Å². The minimum absolute atomic E-state index is 0.0177. The van der Waals surface area contributed by atoms with Crippen molar-refractivity contribution in [1.29, 1.82) is 0 Å². The lowest BCUT2D eigenvalue weighted by molar-refractivity contribution is -0.139. The molecule has 1 fully saturated rings. The Morgan fingerprint density at radius 1 is 1.10 bits per heavy atom. The molecule has 3 rings (SSSR count). The van der Waals surface area contributed by atoms with E-state index >= 15 is 0 Å². The van der Waals surface area contributed by atoms with Gasteiger partial charge in [0, 0.05) is 12.1 Å². The molecule has 0 bridgehead atoms. The van der Waals surface area contributed by atoms with Gasteiger partial charge in [0.1, 0.15) is 17.3 Å². The monoisotopic (exact) mass is 425 g/mol. The second kappa shape index (κ2) is 9.77. The molecule has 1 N–H and O–H groups in total. The van der Waals surface area contributed by atoms with Crippen molar-refractivity contribution in [3.05, 3.63) is 70.5 Å². The van der Waals surface area contributed by atoms with Crippen molar-refractivity contribution in [3.8, 4) is 5.75 Å². The van der Waals surface area contributed by atoms with Crippen LogP contribution in [0.2, 0.25) is 0 Å². The number of amides is 1. The number of carbonyl (C=O) groups excluding carboxylic acids is 2. The lowest BCUT2D eigenvalue weighted by Crippen LogP contribution is -2.30. The lowest BCUT2D eigenvalue weighted by atomic mass is 9.94. The summed E-state index contributed by atoms with van der Waals surface area (Å²) < 4.78 is 19.4. The summed E-state index contributed by atoms with van der Waals surface area (Å²) >= 11 is 0. The average Bonchev–Trinajstić information content (AvgIpc) is 3.01. The van der Waals surface area contributed by atoms with Gasteiger partial charge in [-0.1, -0.05) is 32.4 Å². The first-order chi connectivity index (χ1) is 14.9. The van der Waals surface area contributed by atoms with E-state index in [0.717, 1.165) is 12.8 Å². The van der Waals surface area contributed by atoms with Gasteiger partial charge in [0.2, 0.25) is 0 Å². The first-order valence-corrected chi connectivity index (χ1v) is 10.7. The Hall–Kier alpha value is -3.15. The number of aryl methyl sites for hydroxylation is 1. The van der Waals surface area contributed by atoms with E-state index < -0.39 is 23.5 Å². The third kappa shape index (κ3) is 4.63. The zero-order chi connectivity index (χ0) is 22.5. The molecule has 1 aliphatic rings. The molecule has 1 unspecified atom stereocenters. The van der Waals surface area contributed by atoms with Crippen molar-refractivity contribution < 1.29 is 23.8 Å². The Morgan fingerprint density at radius 3 is 2.42 bits per heavy atom. The number of halogens is 1. The third-order valence-electron chi connectivity index (χ3n) is 5.40. The van der Waals surface area contributed by atoms with E-state index in [4.69, 9.17) is 4.74 Å². The molecule has 2 aromatic carbocycles. The molecular weight excluding hydrogens is 397 g/mol. The number of aliphatic hydroxyl groups is 1. The second-order valence-electron chi connectivity index (χ2n) is 7.73. The largest absolute Gasteiger partial charge is 0.507 e. The number of hydrogen-bond donors (Lipinski definition) is 1. The first kappa shape index (κ1) is 22.5. The van der Waals surface area contributed by atoms with E-state index in [-0.39, 0.29) is 11.3 Å². The van der Waals surface area contributed by atoms with Gasteiger partial charge in [-0.25, -0.2) is 4.39 Å². The molecule has 6 heteroatoms. The molecule has 31 heavy (non-hydrogen) atoms. The summed E-state index contributed by atoms with van der Waals surface area (Å²) in [6.45, 7) is 6.59. The van der Waals surface area contributed by atoms with Gasteiger partial charge >= 0.3 is 0 Å². The number of carbonyl (C=O) groups is 2. The predicted octanol–water partition coefficient (Wildman–Crippen LogP) is 5.14. The predicted molar refractivity (Wildman–Crippen MR) is 117 cm³/mol. The molecule has 5 nitrogen and oxygen atoms in total. The summed E-state index contributed by atoms with van der Waals surface area (Å²) in [7, 11) is 0. The number of likely N-dealkylation sites (tertiary alicyclic amines) is 1. The molecule has 164 valence electrons. The molecule has 0 aliphatic carbocycles. The highest BCUT2D eigenvalue weighted by Crippen LogP contribution is 2.40. The quantitative estimate of drug-likeness (QED) is 0.275. The third-order valence-corrected chi connectivity index (χ3v) is 5.40. The topological polar surface area (TPSA) is 66.8 Å². The average molecular weight is 426 g/mol. The van der Waals surface area contributed by atoms with Crippen LogP contribution in [0.5, 0.6) is 5.75 Å². The van der Waals surface area contributed by atoms with Crippen LogP contribution in [0.4, 0.5) is 4.39 Å². The smallest absolute Gasteiger partial charge is 0.295 e. The number of unbranched alkanes of at least 4 members (excludes halogenated alkanes) is 1. The number of aliphatic hydroxyl groups excluding tert-OH is 1. The zero-order valence-electron chi connectivity index (χ0n) is 18.2. The maximum atomic E-state index is 13.7. The van der Waals surface area contributed by atoms with Gasteiger partial charge in [0.15, 0.2) is 0 Å². The first-order valence-electron chi connectivity index (χ1n) is 10.7. The van der Waals surface area contributed by atoms with Crippen molar-refractivity contribution in [1.82, 2.24) is 4.90 Å². The van der Waals surface area contributed by atoms with Crippen LogP contribution in [0, 0.1) is 12.7 Å². The normalized spacial score (nSPS) is 17.9. The van der Waals surface area contributed by atoms with Crippen LogP contribution >= 0.6 is 0 Å². The molecule has 0 aromatic heterocycles. The minimum atomic E-state index is -0.735. The van der Waals surface area contributed by atoms with Crippen molar-refractivity contribution in [2.24, 2.45) is 0 Å². The second-order valence-corrected chi connectivity index (χ2v) is 7.73. The van der Waals surface area contributed by atoms with Crippen LogP contribution in [-0.2, 0) is 9.59 Å². The Bertz CT molecular complexity index is 997. The Balaban J connectivity index is 2.05. The van der Waals surface area contributed by atoms with E-state index in [0.29, 0.717) is 42.0 Å². The highest BCUT2D eigenvalue weighted by molar-refractivity contribution is 6.46. The van der Waals surface area contributed by atoms with Crippen molar-refractivity contribution in [3.63, 3.8) is 0 Å². The number of benzene rings is 2. The summed E-state index contributed by atoms with van der Waals surface area (Å²) in [6.07, 6.45) is 2.65. The lowest BCUT2D eigenvalue weighted by Gasteiger charge is -2.25. The van der Waals surface area contributed by atoms with Crippen LogP contribution in [0.15, 0.2) is 48.0 Å². The van der Waals surface area contributed by atoms with Gasteiger partial charge in [-0.3, -0.25) is 9.59 Å². The number of ether oxygens (including phenoxy) is 1. The summed E-state index contributed by atoms with van der Waals surface area (Å²) in [5.41, 5.74) is 1.37. The van der Waals surface area contributed by atoms with Gasteiger partial charge in [-0.2, -0.15) is 0 Å². The molecule has 0 spiro atoms. The van der Waals surface area contributed by atoms with Crippen LogP contribution in [0.25, 0.3) is 5.76 Å². The molecule has 1 amide bonds. The Kier molecular flexibility index (Phi) is 7.10. The summed E-state index contributed by atoms with van der Waals surface area (Å²) in [4.78, 5) is 27.1. The number of nitrogens with zero attached hydrogens (tertiary/aromatic N) is 1. The molecule has 1 saturated heterocycles. The summed E-state index contributed by atoms with van der Waals surface area (Å²) in [5.74, 6) is -1.37. The fraction of sp³-hybridized carbons (Fsp3) is 0.360. The van der Waals surface area contributed by atoms with E-state index in [2.05, 4.69) is 6.92 Å². The highest BCUT2D eigenvalue weighted by Gasteiger charge is 2.45. The summed E-state index contributed by atoms with van der Waals surface area (Å²) in [6, 6.07) is 10.6. The molecular formula is C25H28FNO4. The molecule has 0 saturated carbocycles. The van der Waals surface area contributed by atoms with Crippen LogP contribution < -0.4 is 4.74 Å². The van der Waals surface area contributed by atoms with Gasteiger partial charge in [-0.05, 0) is 61.2 Å². The van der Waals surface area contributed by atoms with Crippen molar-refractivity contribution in [2.45, 2.75) is 46.1 Å². The minimum Gasteiger partial charge on any atom is -0.507 e. The Morgan fingerprint density at radius 2 is 1.81 bits per heavy atom. The SMILES string of the molecule is CCCCOc1ccc(C2/C(=C(/O)c3ccc(F)c(C)c3)C(=O)C(=O)N2CCC)cc1. The zero-order valence-corrected chi connectivity index (χ0v) is 18.2. The van der Waals surface area contributed by atoms with Crippen molar-refractivity contribution in [2.75, 3.05) is 13.2 Å². The number of Topliss-reactive ketones (excluding diaryl/α,β-unsaturated/α-hetero) is 1. The fourth-order valence-corrected chi connectivity index (χ4v) is 3.73. The van der Waals surface area contributed by atoms with Crippen LogP contribution in [-0.4, -0.2) is 34.8 Å². The van der Waals surface area contributed by atoms with E-state index in [1.165, 1.54) is 23.1 Å². The van der Waals surface area contributed by atoms with Gasteiger partial charge in [-0.15, -0.1) is 0 Å². The van der Waals surface area contributed by atoms with E-state index in [1.807, 2.05) is 19.1 Å². The van der Waals surface area contributed by atoms with Crippen LogP contribution in [0.3, 0.4) is 0 Å². The molecule has 1 heterocycles. The fourth-order valence-electron chi connectivity index (χ4n) is 3.73. The van der Waals surface area contributed by atoms with E-state index in [9.17, 15) is 19.1 Å². The van der Waals surface area contributed by atoms with Crippen LogP contribution in [0.1, 0.15) is 55.8 Å². The summed E-state index contributed by atoms with van der Waals surface area (Å²) in [5, 5.41) is 11.0. The van der Waals surface area contributed by atoms with Gasteiger partial charge < -0.3 is 14.7 Å². The molecule has 1 atom stereocenters. The molecule has 2 aromatic rings. The maximum Gasteiger partial charge on any atom is 0.295 e. The molecule has 1 aliphatic heterocycles. The van der Waals surface area contributed by atoms with Gasteiger partial charge in [0.05, 0.1) is 18.2 Å². The number of ketones is 1. The van der Waals surface area contributed by atoms with Crippen molar-refractivity contribution >= 4 is 17.4 Å². The standard InChI is InChI=1S/C25H28FNO4/c1-4-6-14-31-19-10-7-17(8-11-19)22-21(24(29)25(30)27(22)13-5-2)23(28)18-9-12-20(26)16(3)15-18/h7-12,15,22,28H,4-6,13-14H2,1-3H3/b23-21-.